The minimum atomic E-state index is -4.65. The van der Waals surface area contributed by atoms with E-state index in [1.807, 2.05) is 0 Å². The molecule has 0 fully saturated rings. The second-order valence-corrected chi connectivity index (χ2v) is 3.93. The Morgan fingerprint density at radius 1 is 1.15 bits per heavy atom. The van der Waals surface area contributed by atoms with Gasteiger partial charge in [0, 0.05) is 20.0 Å². The molecule has 0 aliphatic heterocycles. The first-order chi connectivity index (χ1) is 9.21. The van der Waals surface area contributed by atoms with E-state index in [-0.39, 0.29) is 19.0 Å². The van der Waals surface area contributed by atoms with Crippen molar-refractivity contribution < 1.29 is 27.2 Å². The second kappa shape index (κ2) is 6.36. The molecule has 1 aromatic rings. The number of rotatable bonds is 4. The lowest BCUT2D eigenvalue weighted by atomic mass is 10.1. The van der Waals surface area contributed by atoms with Gasteiger partial charge in [0.25, 0.3) is 5.91 Å². The molecule has 0 aliphatic carbocycles. The van der Waals surface area contributed by atoms with Crippen molar-refractivity contribution in [2.75, 3.05) is 13.1 Å². The molecular formula is C12H12F4N2O2. The Balaban J connectivity index is 2.74. The molecule has 0 aliphatic rings. The Hall–Kier alpha value is -2.12. The van der Waals surface area contributed by atoms with Crippen LogP contribution in [0.2, 0.25) is 0 Å². The zero-order valence-electron chi connectivity index (χ0n) is 10.5. The Kier molecular flexibility index (Phi) is 5.06. The summed E-state index contributed by atoms with van der Waals surface area (Å²) in [7, 11) is 0. The summed E-state index contributed by atoms with van der Waals surface area (Å²) in [6.07, 6.45) is -4.65. The molecule has 0 saturated heterocycles. The maximum Gasteiger partial charge on any atom is 0.416 e. The third kappa shape index (κ3) is 4.52. The van der Waals surface area contributed by atoms with E-state index < -0.39 is 29.0 Å². The van der Waals surface area contributed by atoms with E-state index in [2.05, 4.69) is 10.6 Å². The van der Waals surface area contributed by atoms with Crippen LogP contribution in [0.5, 0.6) is 0 Å². The molecule has 20 heavy (non-hydrogen) atoms. The van der Waals surface area contributed by atoms with Crippen LogP contribution in [0.3, 0.4) is 0 Å². The van der Waals surface area contributed by atoms with Gasteiger partial charge in [0.2, 0.25) is 5.91 Å². The molecule has 4 nitrogen and oxygen atoms in total. The highest BCUT2D eigenvalue weighted by atomic mass is 19.4. The molecule has 0 bridgehead atoms. The molecule has 1 aromatic carbocycles. The smallest absolute Gasteiger partial charge is 0.355 e. The molecule has 2 N–H and O–H groups in total. The highest BCUT2D eigenvalue weighted by Crippen LogP contribution is 2.30. The molecule has 0 radical (unpaired) electrons. The highest BCUT2D eigenvalue weighted by Gasteiger charge is 2.31. The summed E-state index contributed by atoms with van der Waals surface area (Å²) in [6, 6.07) is 1.60. The minimum absolute atomic E-state index is 0.0197. The van der Waals surface area contributed by atoms with Crippen molar-refractivity contribution in [3.8, 4) is 0 Å². The number of nitrogens with one attached hydrogen (secondary N) is 2. The molecule has 0 unspecified atom stereocenters. The number of alkyl halides is 3. The van der Waals surface area contributed by atoms with Gasteiger partial charge in [-0.25, -0.2) is 4.39 Å². The average Bonchev–Trinajstić information content (AvgIpc) is 2.33. The molecule has 0 aromatic heterocycles. The van der Waals surface area contributed by atoms with Gasteiger partial charge in [0.05, 0.1) is 11.1 Å². The Morgan fingerprint density at radius 3 is 2.30 bits per heavy atom. The maximum atomic E-state index is 13.3. The summed E-state index contributed by atoms with van der Waals surface area (Å²) in [5.74, 6) is -2.33. The number of halogens is 4. The largest absolute Gasteiger partial charge is 0.416 e. The van der Waals surface area contributed by atoms with Crippen molar-refractivity contribution in [3.05, 3.63) is 35.1 Å². The van der Waals surface area contributed by atoms with Gasteiger partial charge >= 0.3 is 6.18 Å². The number of benzene rings is 1. The summed E-state index contributed by atoms with van der Waals surface area (Å²) in [6.45, 7) is 1.35. The van der Waals surface area contributed by atoms with Crippen LogP contribution < -0.4 is 10.6 Å². The first kappa shape index (κ1) is 15.9. The summed E-state index contributed by atoms with van der Waals surface area (Å²) >= 11 is 0. The fourth-order valence-electron chi connectivity index (χ4n) is 1.39. The standard InChI is InChI=1S/C12H12F4N2O2/c1-7(19)17-4-5-18-11(20)9-6-8(12(14,15)16)2-3-10(9)13/h2-3,6H,4-5H2,1H3,(H,17,19)(H,18,20). The van der Waals surface area contributed by atoms with Gasteiger partial charge in [0.15, 0.2) is 0 Å². The van der Waals surface area contributed by atoms with E-state index in [4.69, 9.17) is 0 Å². The molecule has 110 valence electrons. The second-order valence-electron chi connectivity index (χ2n) is 3.93. The lowest BCUT2D eigenvalue weighted by Gasteiger charge is -2.10. The molecule has 2 amide bonds. The SMILES string of the molecule is CC(=O)NCCNC(=O)c1cc(C(F)(F)F)ccc1F. The summed E-state index contributed by atoms with van der Waals surface area (Å²) in [5.41, 5.74) is -1.80. The summed E-state index contributed by atoms with van der Waals surface area (Å²) in [5, 5.41) is 4.59. The van der Waals surface area contributed by atoms with Crippen LogP contribution >= 0.6 is 0 Å². The van der Waals surface area contributed by atoms with Gasteiger partial charge in [-0.1, -0.05) is 0 Å². The minimum Gasteiger partial charge on any atom is -0.355 e. The van der Waals surface area contributed by atoms with E-state index in [0.29, 0.717) is 18.2 Å². The number of carbonyl (C=O) groups is 2. The predicted molar refractivity (Wildman–Crippen MR) is 62.4 cm³/mol. The zero-order valence-corrected chi connectivity index (χ0v) is 10.5. The van der Waals surface area contributed by atoms with E-state index in [1.165, 1.54) is 6.92 Å². The Labute approximate surface area is 112 Å². The van der Waals surface area contributed by atoms with E-state index in [0.717, 1.165) is 0 Å². The van der Waals surface area contributed by atoms with Crippen molar-refractivity contribution in [3.63, 3.8) is 0 Å². The van der Waals surface area contributed by atoms with Crippen LogP contribution in [-0.4, -0.2) is 24.9 Å². The Morgan fingerprint density at radius 2 is 1.75 bits per heavy atom. The fraction of sp³-hybridized carbons (Fsp3) is 0.333. The van der Waals surface area contributed by atoms with Crippen molar-refractivity contribution in [1.82, 2.24) is 10.6 Å². The van der Waals surface area contributed by atoms with Crippen LogP contribution in [0.1, 0.15) is 22.8 Å². The first-order valence-electron chi connectivity index (χ1n) is 5.61. The molecule has 1 rings (SSSR count). The third-order valence-corrected chi connectivity index (χ3v) is 2.32. The summed E-state index contributed by atoms with van der Waals surface area (Å²) < 4.78 is 50.7. The van der Waals surface area contributed by atoms with Crippen LogP contribution in [0.4, 0.5) is 17.6 Å². The van der Waals surface area contributed by atoms with E-state index >= 15 is 0 Å². The predicted octanol–water partition coefficient (Wildman–Crippen LogP) is 1.71. The number of hydrogen-bond acceptors (Lipinski definition) is 2. The number of carbonyl (C=O) groups excluding carboxylic acids is 2. The van der Waals surface area contributed by atoms with Crippen molar-refractivity contribution in [2.45, 2.75) is 13.1 Å². The number of amides is 2. The lowest BCUT2D eigenvalue weighted by Crippen LogP contribution is -2.34. The van der Waals surface area contributed by atoms with Crippen molar-refractivity contribution in [2.24, 2.45) is 0 Å². The van der Waals surface area contributed by atoms with Gasteiger partial charge in [0.1, 0.15) is 5.82 Å². The van der Waals surface area contributed by atoms with E-state index in [9.17, 15) is 27.2 Å². The quantitative estimate of drug-likeness (QED) is 0.655. The van der Waals surface area contributed by atoms with Crippen LogP contribution in [0, 0.1) is 5.82 Å². The molecular weight excluding hydrogens is 280 g/mol. The monoisotopic (exact) mass is 292 g/mol. The molecule has 0 saturated carbocycles. The molecule has 0 spiro atoms. The number of hydrogen-bond donors (Lipinski definition) is 2. The topological polar surface area (TPSA) is 58.2 Å². The normalized spacial score (nSPS) is 11.1. The van der Waals surface area contributed by atoms with Gasteiger partial charge in [-0.05, 0) is 18.2 Å². The fourth-order valence-corrected chi connectivity index (χ4v) is 1.39. The lowest BCUT2D eigenvalue weighted by molar-refractivity contribution is -0.137. The highest BCUT2D eigenvalue weighted by molar-refractivity contribution is 5.94. The zero-order chi connectivity index (χ0) is 15.3. The molecule has 0 atom stereocenters. The van der Waals surface area contributed by atoms with Crippen LogP contribution in [0.15, 0.2) is 18.2 Å². The van der Waals surface area contributed by atoms with Gasteiger partial charge in [-0.15, -0.1) is 0 Å². The van der Waals surface area contributed by atoms with Gasteiger partial charge < -0.3 is 10.6 Å². The Bertz CT molecular complexity index is 515. The van der Waals surface area contributed by atoms with Crippen LogP contribution in [-0.2, 0) is 11.0 Å². The van der Waals surface area contributed by atoms with Gasteiger partial charge in [-0.3, -0.25) is 9.59 Å². The van der Waals surface area contributed by atoms with Crippen molar-refractivity contribution >= 4 is 11.8 Å². The molecule has 0 heterocycles. The summed E-state index contributed by atoms with van der Waals surface area (Å²) in [4.78, 5) is 22.1. The third-order valence-electron chi connectivity index (χ3n) is 2.32. The van der Waals surface area contributed by atoms with Gasteiger partial charge in [-0.2, -0.15) is 13.2 Å². The van der Waals surface area contributed by atoms with E-state index in [1.54, 1.807) is 0 Å². The maximum absolute atomic E-state index is 13.3. The average molecular weight is 292 g/mol. The van der Waals surface area contributed by atoms with Crippen molar-refractivity contribution in [1.29, 1.82) is 0 Å². The van der Waals surface area contributed by atoms with Crippen LogP contribution in [0.25, 0.3) is 0 Å². The molecule has 8 heteroatoms. The first-order valence-corrected chi connectivity index (χ1v) is 5.61.